The molecule has 1 aliphatic heterocycles. The summed E-state index contributed by atoms with van der Waals surface area (Å²) in [4.78, 5) is 18.5. The van der Waals surface area contributed by atoms with Crippen molar-refractivity contribution in [1.82, 2.24) is 15.2 Å². The molecule has 2 heterocycles. The number of halogens is 1. The van der Waals surface area contributed by atoms with Crippen LogP contribution in [0.25, 0.3) is 10.9 Å². The number of alkyl halides is 1. The lowest BCUT2D eigenvalue weighted by Crippen LogP contribution is -2.43. The highest BCUT2D eigenvalue weighted by Gasteiger charge is 2.35. The normalized spacial score (nSPS) is 20.4. The zero-order valence-corrected chi connectivity index (χ0v) is 13.8. The van der Waals surface area contributed by atoms with E-state index in [1.165, 1.54) is 0 Å². The fourth-order valence-electron chi connectivity index (χ4n) is 3.15. The van der Waals surface area contributed by atoms with Crippen LogP contribution in [0.15, 0.2) is 30.5 Å². The molecule has 0 unspecified atom stereocenters. The van der Waals surface area contributed by atoms with Crippen molar-refractivity contribution < 1.29 is 13.9 Å². The molecule has 0 saturated carbocycles. The molecule has 128 valence electrons. The van der Waals surface area contributed by atoms with Crippen LogP contribution in [0.2, 0.25) is 0 Å². The van der Waals surface area contributed by atoms with Gasteiger partial charge in [-0.05, 0) is 31.3 Å². The molecule has 0 radical (unpaired) electrons. The number of benzene rings is 1. The van der Waals surface area contributed by atoms with Crippen LogP contribution in [-0.4, -0.2) is 55.4 Å². The molecule has 2 N–H and O–H groups in total. The van der Waals surface area contributed by atoms with Crippen LogP contribution in [-0.2, 0) is 0 Å². The smallest absolute Gasteiger partial charge is 0.322 e. The van der Waals surface area contributed by atoms with Crippen LogP contribution in [0.3, 0.4) is 0 Å². The minimum atomic E-state index is -0.986. The number of ether oxygens (including phenoxy) is 1. The van der Waals surface area contributed by atoms with Crippen LogP contribution in [0, 0.1) is 0 Å². The highest BCUT2D eigenvalue weighted by Crippen LogP contribution is 2.30. The molecule has 24 heavy (non-hydrogen) atoms. The van der Waals surface area contributed by atoms with Crippen LogP contribution in [0.5, 0.6) is 5.75 Å². The largest absolute Gasteiger partial charge is 0.496 e. The third-order valence-electron chi connectivity index (χ3n) is 4.26. The maximum atomic E-state index is 13.7. The number of nitrogens with one attached hydrogen (secondary N) is 2. The number of anilines is 1. The van der Waals surface area contributed by atoms with E-state index in [4.69, 9.17) is 4.74 Å². The van der Waals surface area contributed by atoms with Crippen molar-refractivity contribution >= 4 is 22.6 Å². The quantitative estimate of drug-likeness (QED) is 0.902. The Morgan fingerprint density at radius 2 is 2.29 bits per heavy atom. The maximum absolute atomic E-state index is 13.7. The van der Waals surface area contributed by atoms with Gasteiger partial charge in [0.1, 0.15) is 11.9 Å². The monoisotopic (exact) mass is 332 g/mol. The van der Waals surface area contributed by atoms with Crippen molar-refractivity contribution in [2.75, 3.05) is 32.6 Å². The summed E-state index contributed by atoms with van der Waals surface area (Å²) in [7, 11) is 3.39. The second-order valence-corrected chi connectivity index (χ2v) is 5.84. The van der Waals surface area contributed by atoms with Gasteiger partial charge < -0.3 is 20.3 Å². The molecule has 1 aromatic carbocycles. The first-order chi connectivity index (χ1) is 11.6. The number of urea groups is 1. The van der Waals surface area contributed by atoms with Gasteiger partial charge >= 0.3 is 6.03 Å². The summed E-state index contributed by atoms with van der Waals surface area (Å²) in [5, 5.41) is 6.68. The van der Waals surface area contributed by atoms with Gasteiger partial charge in [-0.25, -0.2) is 9.18 Å². The summed E-state index contributed by atoms with van der Waals surface area (Å²) in [5.74, 6) is 0.689. The Hall–Kier alpha value is -2.41. The maximum Gasteiger partial charge on any atom is 0.322 e. The number of likely N-dealkylation sites (tertiary alicyclic amines) is 1. The summed E-state index contributed by atoms with van der Waals surface area (Å²) in [6.07, 6.45) is 1.03. The van der Waals surface area contributed by atoms with E-state index < -0.39 is 6.17 Å². The average molecular weight is 332 g/mol. The van der Waals surface area contributed by atoms with Gasteiger partial charge in [-0.15, -0.1) is 0 Å². The highest BCUT2D eigenvalue weighted by atomic mass is 19.1. The summed E-state index contributed by atoms with van der Waals surface area (Å²) >= 11 is 0. The average Bonchev–Trinajstić information content (AvgIpc) is 2.96. The van der Waals surface area contributed by atoms with Crippen molar-refractivity contribution in [2.45, 2.75) is 18.6 Å². The van der Waals surface area contributed by atoms with E-state index in [1.807, 2.05) is 12.1 Å². The second kappa shape index (κ2) is 7.00. The molecule has 2 atom stereocenters. The number of methoxy groups -OCH3 is 1. The van der Waals surface area contributed by atoms with E-state index in [9.17, 15) is 9.18 Å². The molecule has 2 amide bonds. The zero-order valence-electron chi connectivity index (χ0n) is 13.8. The third kappa shape index (κ3) is 3.12. The van der Waals surface area contributed by atoms with Crippen molar-refractivity contribution in [1.29, 1.82) is 0 Å². The van der Waals surface area contributed by atoms with Gasteiger partial charge in [-0.1, -0.05) is 0 Å². The van der Waals surface area contributed by atoms with Crippen LogP contribution in [0.4, 0.5) is 14.9 Å². The lowest BCUT2D eigenvalue weighted by atomic mass is 10.1. The Balaban J connectivity index is 1.86. The van der Waals surface area contributed by atoms with E-state index in [0.29, 0.717) is 29.9 Å². The minimum Gasteiger partial charge on any atom is -0.496 e. The molecular weight excluding hydrogens is 311 g/mol. The Morgan fingerprint density at radius 1 is 1.46 bits per heavy atom. The van der Waals surface area contributed by atoms with Gasteiger partial charge in [0, 0.05) is 30.6 Å². The number of pyridine rings is 1. The molecular formula is C17H21FN4O2. The number of amides is 2. The zero-order chi connectivity index (χ0) is 17.1. The number of rotatable bonds is 4. The summed E-state index contributed by atoms with van der Waals surface area (Å²) in [5.41, 5.74) is 1.23. The van der Waals surface area contributed by atoms with E-state index in [2.05, 4.69) is 15.6 Å². The number of fused-ring (bicyclic) bond motifs is 1. The number of likely N-dealkylation sites (N-methyl/N-ethyl adjacent to an activating group) is 1. The molecule has 1 aromatic heterocycles. The van der Waals surface area contributed by atoms with Crippen LogP contribution >= 0.6 is 0 Å². The van der Waals surface area contributed by atoms with E-state index in [0.717, 1.165) is 5.39 Å². The lowest BCUT2D eigenvalue weighted by Gasteiger charge is -2.24. The van der Waals surface area contributed by atoms with Gasteiger partial charge in [-0.2, -0.15) is 0 Å². The van der Waals surface area contributed by atoms with Crippen molar-refractivity contribution in [3.05, 3.63) is 30.5 Å². The second-order valence-electron chi connectivity index (χ2n) is 5.84. The number of hydrogen-bond donors (Lipinski definition) is 2. The number of nitrogens with zero attached hydrogens (tertiary/aromatic N) is 2. The molecule has 3 rings (SSSR count). The fraction of sp³-hybridized carbons (Fsp3) is 0.412. The number of carbonyl (C=O) groups is 1. The van der Waals surface area contributed by atoms with Gasteiger partial charge in [0.2, 0.25) is 0 Å². The first-order valence-corrected chi connectivity index (χ1v) is 7.92. The molecule has 2 aromatic rings. The molecule has 0 bridgehead atoms. The molecule has 1 saturated heterocycles. The fourth-order valence-corrected chi connectivity index (χ4v) is 3.15. The first kappa shape index (κ1) is 16.4. The van der Waals surface area contributed by atoms with E-state index in [1.54, 1.807) is 37.4 Å². The number of aromatic nitrogens is 1. The molecule has 1 fully saturated rings. The molecule has 1 aliphatic rings. The van der Waals surface area contributed by atoms with Crippen molar-refractivity contribution in [3.63, 3.8) is 0 Å². The standard InChI is InChI=1S/C17H21FN4O2/c1-19-9-12-8-11(18)10-22(12)17(23)21-14-5-6-15(24-2)13-4-3-7-20-16(13)14/h3-7,11-12,19H,8-10H2,1-2H3,(H,21,23)/t11-,12-/m0/s1. The van der Waals surface area contributed by atoms with Crippen molar-refractivity contribution in [3.8, 4) is 5.75 Å². The Bertz CT molecular complexity index is 740. The van der Waals surface area contributed by atoms with Gasteiger partial charge in [0.25, 0.3) is 0 Å². The Labute approximate surface area is 140 Å². The van der Waals surface area contributed by atoms with E-state index in [-0.39, 0.29) is 18.6 Å². The SMILES string of the molecule is CNC[C@@H]1C[C@H](F)CN1C(=O)Nc1ccc(OC)c2cccnc12. The highest BCUT2D eigenvalue weighted by molar-refractivity contribution is 6.01. The predicted molar refractivity (Wildman–Crippen MR) is 91.2 cm³/mol. The van der Waals surface area contributed by atoms with E-state index >= 15 is 0 Å². The Kier molecular flexibility index (Phi) is 4.80. The lowest BCUT2D eigenvalue weighted by molar-refractivity contribution is 0.203. The topological polar surface area (TPSA) is 66.5 Å². The molecule has 0 aliphatic carbocycles. The molecule has 7 heteroatoms. The predicted octanol–water partition coefficient (Wildman–Crippen LogP) is 2.41. The van der Waals surface area contributed by atoms with Crippen molar-refractivity contribution in [2.24, 2.45) is 0 Å². The van der Waals surface area contributed by atoms with Gasteiger partial charge in [-0.3, -0.25) is 4.98 Å². The Morgan fingerprint density at radius 3 is 3.04 bits per heavy atom. The molecule has 0 spiro atoms. The molecule has 6 nitrogen and oxygen atoms in total. The minimum absolute atomic E-state index is 0.111. The summed E-state index contributed by atoms with van der Waals surface area (Å²) < 4.78 is 19.0. The third-order valence-corrected chi connectivity index (χ3v) is 4.26. The van der Waals surface area contributed by atoms with Crippen LogP contribution in [0.1, 0.15) is 6.42 Å². The van der Waals surface area contributed by atoms with Gasteiger partial charge in [0.15, 0.2) is 0 Å². The summed E-state index contributed by atoms with van der Waals surface area (Å²) in [6.45, 7) is 0.676. The van der Waals surface area contributed by atoms with Crippen LogP contribution < -0.4 is 15.4 Å². The summed E-state index contributed by atoms with van der Waals surface area (Å²) in [6, 6.07) is 6.77. The first-order valence-electron chi connectivity index (χ1n) is 7.92. The number of carbonyl (C=O) groups excluding carboxylic acids is 1. The van der Waals surface area contributed by atoms with Gasteiger partial charge in [0.05, 0.1) is 24.9 Å². The number of hydrogen-bond acceptors (Lipinski definition) is 4.